The molecule has 1 aromatic carbocycles. The van der Waals surface area contributed by atoms with E-state index in [2.05, 4.69) is 46.4 Å². The van der Waals surface area contributed by atoms with Gasteiger partial charge in [0.05, 0.1) is 12.0 Å². The first-order chi connectivity index (χ1) is 7.13. The Morgan fingerprint density at radius 1 is 1.33 bits per heavy atom. The fourth-order valence-corrected chi connectivity index (χ4v) is 1.53. The van der Waals surface area contributed by atoms with Crippen LogP contribution in [0.4, 0.5) is 0 Å². The Labute approximate surface area is 99.4 Å². The number of nitrogens with one attached hydrogen (secondary N) is 1. The van der Waals surface area contributed by atoms with Crippen LogP contribution in [0.2, 0.25) is 0 Å². The summed E-state index contributed by atoms with van der Waals surface area (Å²) in [6.45, 7) is 4.75. The van der Waals surface area contributed by atoms with Crippen molar-refractivity contribution < 1.29 is 0 Å². The Morgan fingerprint density at radius 3 is 2.47 bits per heavy atom. The van der Waals surface area contributed by atoms with Crippen molar-refractivity contribution in [2.45, 2.75) is 19.9 Å². The van der Waals surface area contributed by atoms with E-state index in [0.717, 1.165) is 11.0 Å². The zero-order valence-electron chi connectivity index (χ0n) is 9.00. The Kier molecular flexibility index (Phi) is 4.80. The molecule has 3 heteroatoms. The number of benzene rings is 1. The smallest absolute Gasteiger partial charge is 0.0666 e. The average Bonchev–Trinajstić information content (AvgIpc) is 2.26. The highest BCUT2D eigenvalue weighted by atomic mass is 79.9. The number of nitrogens with zero attached hydrogens (tertiary/aromatic N) is 1. The monoisotopic (exact) mass is 266 g/mol. The molecule has 0 fully saturated rings. The van der Waals surface area contributed by atoms with E-state index in [1.165, 1.54) is 5.56 Å². The largest absolute Gasteiger partial charge is 0.309 e. The molecule has 1 unspecified atom stereocenters. The second-order valence-corrected chi connectivity index (χ2v) is 4.63. The van der Waals surface area contributed by atoms with Gasteiger partial charge in [-0.1, -0.05) is 28.1 Å². The molecular weight excluding hydrogens is 252 g/mol. The summed E-state index contributed by atoms with van der Waals surface area (Å²) in [5, 5.41) is 12.0. The number of hydrogen-bond acceptors (Lipinski definition) is 2. The molecule has 2 atom stereocenters. The first kappa shape index (κ1) is 12.2. The molecule has 1 aromatic rings. The van der Waals surface area contributed by atoms with Crippen LogP contribution < -0.4 is 5.32 Å². The van der Waals surface area contributed by atoms with Crippen molar-refractivity contribution in [3.63, 3.8) is 0 Å². The maximum atomic E-state index is 8.66. The fourth-order valence-electron chi connectivity index (χ4n) is 1.27. The fraction of sp³-hybridized carbons (Fsp3) is 0.417. The summed E-state index contributed by atoms with van der Waals surface area (Å²) >= 11 is 3.40. The second kappa shape index (κ2) is 5.89. The van der Waals surface area contributed by atoms with Crippen molar-refractivity contribution in [3.8, 4) is 6.07 Å². The molecule has 0 saturated heterocycles. The van der Waals surface area contributed by atoms with Gasteiger partial charge < -0.3 is 5.32 Å². The van der Waals surface area contributed by atoms with E-state index in [9.17, 15) is 0 Å². The quantitative estimate of drug-likeness (QED) is 0.908. The Hall–Kier alpha value is -0.850. The van der Waals surface area contributed by atoms with Gasteiger partial charge in [0.15, 0.2) is 0 Å². The van der Waals surface area contributed by atoms with Gasteiger partial charge in [0, 0.05) is 17.1 Å². The molecule has 0 bridgehead atoms. The molecule has 0 amide bonds. The molecule has 80 valence electrons. The third kappa shape index (κ3) is 4.03. The predicted octanol–water partition coefficient (Wildman–Crippen LogP) is 3.26. The number of halogens is 1. The van der Waals surface area contributed by atoms with Gasteiger partial charge in [-0.15, -0.1) is 0 Å². The molecular formula is C12H15BrN2. The third-order valence-corrected chi connectivity index (χ3v) is 2.85. The van der Waals surface area contributed by atoms with Crippen molar-refractivity contribution in [3.05, 3.63) is 34.3 Å². The van der Waals surface area contributed by atoms with Gasteiger partial charge in [-0.05, 0) is 31.5 Å². The topological polar surface area (TPSA) is 35.8 Å². The standard InChI is InChI=1S/C12H15BrN2/c1-9(7-14)8-15-10(2)11-3-5-12(13)6-4-11/h3-6,9-10,15H,8H2,1-2H3/t9?,10-/m0/s1. The van der Waals surface area contributed by atoms with Gasteiger partial charge in [-0.2, -0.15) is 5.26 Å². The van der Waals surface area contributed by atoms with Gasteiger partial charge in [0.1, 0.15) is 0 Å². The number of rotatable bonds is 4. The van der Waals surface area contributed by atoms with Crippen molar-refractivity contribution in [1.82, 2.24) is 5.32 Å². The van der Waals surface area contributed by atoms with E-state index < -0.39 is 0 Å². The van der Waals surface area contributed by atoms with E-state index >= 15 is 0 Å². The zero-order chi connectivity index (χ0) is 11.3. The minimum Gasteiger partial charge on any atom is -0.309 e. The maximum Gasteiger partial charge on any atom is 0.0666 e. The molecule has 2 nitrogen and oxygen atoms in total. The SMILES string of the molecule is CC(C#N)CN[C@@H](C)c1ccc(Br)cc1. The highest BCUT2D eigenvalue weighted by Crippen LogP contribution is 2.16. The summed E-state index contributed by atoms with van der Waals surface area (Å²) in [5.41, 5.74) is 1.24. The first-order valence-corrected chi connectivity index (χ1v) is 5.81. The van der Waals surface area contributed by atoms with Crippen LogP contribution in [0.5, 0.6) is 0 Å². The Bertz CT molecular complexity index is 340. The number of nitriles is 1. The van der Waals surface area contributed by atoms with Crippen molar-refractivity contribution in [1.29, 1.82) is 5.26 Å². The van der Waals surface area contributed by atoms with Gasteiger partial charge in [0.25, 0.3) is 0 Å². The molecule has 0 aliphatic heterocycles. The minimum atomic E-state index is 0.0582. The van der Waals surface area contributed by atoms with Crippen LogP contribution in [-0.4, -0.2) is 6.54 Å². The van der Waals surface area contributed by atoms with Crippen LogP contribution in [0.25, 0.3) is 0 Å². The van der Waals surface area contributed by atoms with Crippen LogP contribution in [0.3, 0.4) is 0 Å². The Morgan fingerprint density at radius 2 is 1.93 bits per heavy atom. The molecule has 0 aromatic heterocycles. The molecule has 0 aliphatic carbocycles. The molecule has 0 saturated carbocycles. The predicted molar refractivity (Wildman–Crippen MR) is 65.3 cm³/mol. The van der Waals surface area contributed by atoms with Gasteiger partial charge in [0.2, 0.25) is 0 Å². The van der Waals surface area contributed by atoms with Gasteiger partial charge in [-0.3, -0.25) is 0 Å². The maximum absolute atomic E-state index is 8.66. The van der Waals surface area contributed by atoms with Crippen molar-refractivity contribution in [2.75, 3.05) is 6.54 Å². The molecule has 0 heterocycles. The van der Waals surface area contributed by atoms with E-state index in [0.29, 0.717) is 0 Å². The van der Waals surface area contributed by atoms with Gasteiger partial charge in [-0.25, -0.2) is 0 Å². The highest BCUT2D eigenvalue weighted by molar-refractivity contribution is 9.10. The van der Waals surface area contributed by atoms with Crippen LogP contribution in [0.1, 0.15) is 25.5 Å². The summed E-state index contributed by atoms with van der Waals surface area (Å²) in [6, 6.07) is 10.7. The highest BCUT2D eigenvalue weighted by Gasteiger charge is 2.06. The molecule has 0 aliphatic rings. The van der Waals surface area contributed by atoms with E-state index in [4.69, 9.17) is 5.26 Å². The zero-order valence-corrected chi connectivity index (χ0v) is 10.6. The molecule has 1 rings (SSSR count). The second-order valence-electron chi connectivity index (χ2n) is 3.71. The molecule has 1 N–H and O–H groups in total. The minimum absolute atomic E-state index is 0.0582. The summed E-state index contributed by atoms with van der Waals surface area (Å²) in [6.07, 6.45) is 0. The lowest BCUT2D eigenvalue weighted by Gasteiger charge is -2.15. The van der Waals surface area contributed by atoms with Crippen LogP contribution in [-0.2, 0) is 0 Å². The van der Waals surface area contributed by atoms with Crippen LogP contribution in [0, 0.1) is 17.2 Å². The lowest BCUT2D eigenvalue weighted by atomic mass is 10.1. The lowest BCUT2D eigenvalue weighted by molar-refractivity contribution is 0.528. The van der Waals surface area contributed by atoms with E-state index in [1.807, 2.05) is 19.1 Å². The van der Waals surface area contributed by atoms with Crippen molar-refractivity contribution >= 4 is 15.9 Å². The van der Waals surface area contributed by atoms with Crippen molar-refractivity contribution in [2.24, 2.45) is 5.92 Å². The van der Waals surface area contributed by atoms with E-state index in [-0.39, 0.29) is 12.0 Å². The first-order valence-electron chi connectivity index (χ1n) is 5.02. The van der Waals surface area contributed by atoms with E-state index in [1.54, 1.807) is 0 Å². The summed E-state index contributed by atoms with van der Waals surface area (Å²) in [4.78, 5) is 0. The average molecular weight is 267 g/mol. The summed E-state index contributed by atoms with van der Waals surface area (Å²) in [7, 11) is 0. The Balaban J connectivity index is 2.51. The number of hydrogen-bond donors (Lipinski definition) is 1. The normalized spacial score (nSPS) is 14.3. The van der Waals surface area contributed by atoms with Crippen LogP contribution in [0.15, 0.2) is 28.7 Å². The molecule has 0 radical (unpaired) electrons. The summed E-state index contributed by atoms with van der Waals surface area (Å²) < 4.78 is 1.09. The summed E-state index contributed by atoms with van der Waals surface area (Å²) in [5.74, 6) is 0.0582. The lowest BCUT2D eigenvalue weighted by Crippen LogP contribution is -2.23. The van der Waals surface area contributed by atoms with Crippen LogP contribution >= 0.6 is 15.9 Å². The van der Waals surface area contributed by atoms with Gasteiger partial charge >= 0.3 is 0 Å². The molecule has 0 spiro atoms. The molecule has 15 heavy (non-hydrogen) atoms. The third-order valence-electron chi connectivity index (χ3n) is 2.32.